The third kappa shape index (κ3) is 5.66. The number of para-hydroxylation sites is 2. The van der Waals surface area contributed by atoms with Crippen molar-refractivity contribution in [1.29, 1.82) is 0 Å². The molecule has 0 fully saturated rings. The van der Waals surface area contributed by atoms with Gasteiger partial charge in [0, 0.05) is 11.1 Å². The quantitative estimate of drug-likeness (QED) is 0.137. The predicted molar refractivity (Wildman–Crippen MR) is 157 cm³/mol. The minimum Gasteiger partial charge on any atom is -0.333 e. The van der Waals surface area contributed by atoms with E-state index in [1.807, 2.05) is 89.6 Å². The number of hydrazone groups is 1. The van der Waals surface area contributed by atoms with Gasteiger partial charge in [-0.05, 0) is 35.9 Å². The summed E-state index contributed by atoms with van der Waals surface area (Å²) < 4.78 is 1.95. The van der Waals surface area contributed by atoms with E-state index in [2.05, 4.69) is 50.8 Å². The summed E-state index contributed by atoms with van der Waals surface area (Å²) in [5.74, 6) is 0.00678. The molecule has 2 N–H and O–H groups in total. The Kier molecular flexibility index (Phi) is 7.01. The number of hydrogen-bond donors (Lipinski definition) is 2. The van der Waals surface area contributed by atoms with Gasteiger partial charge < -0.3 is 4.98 Å². The zero-order chi connectivity index (χ0) is 26.4. The van der Waals surface area contributed by atoms with Crippen molar-refractivity contribution in [2.45, 2.75) is 5.16 Å². The first-order chi connectivity index (χ1) is 19.2. The van der Waals surface area contributed by atoms with Crippen LogP contribution in [0.15, 0.2) is 126 Å². The van der Waals surface area contributed by atoms with Gasteiger partial charge >= 0.3 is 0 Å². The van der Waals surface area contributed by atoms with Crippen LogP contribution in [0.1, 0.15) is 5.56 Å². The molecule has 8 heteroatoms. The summed E-state index contributed by atoms with van der Waals surface area (Å²) in [6.07, 6.45) is 1.63. The Labute approximate surface area is 229 Å². The largest absolute Gasteiger partial charge is 0.333 e. The normalized spacial score (nSPS) is 11.3. The molecule has 1 amide bonds. The van der Waals surface area contributed by atoms with Gasteiger partial charge in [-0.1, -0.05) is 96.7 Å². The van der Waals surface area contributed by atoms with Crippen LogP contribution in [0.2, 0.25) is 0 Å². The van der Waals surface area contributed by atoms with E-state index in [1.54, 1.807) is 6.21 Å². The van der Waals surface area contributed by atoms with Crippen molar-refractivity contribution in [3.63, 3.8) is 0 Å². The van der Waals surface area contributed by atoms with Crippen LogP contribution in [0.25, 0.3) is 39.2 Å². The number of imidazole rings is 1. The van der Waals surface area contributed by atoms with Crippen LogP contribution < -0.4 is 5.43 Å². The summed E-state index contributed by atoms with van der Waals surface area (Å²) in [6, 6.07) is 38.1. The molecule has 0 radical (unpaired) electrons. The van der Waals surface area contributed by atoms with Crippen molar-refractivity contribution < 1.29 is 4.79 Å². The zero-order valence-corrected chi connectivity index (χ0v) is 21.7. The summed E-state index contributed by atoms with van der Waals surface area (Å²) in [4.78, 5) is 19.9. The second kappa shape index (κ2) is 11.2. The Morgan fingerprint density at radius 1 is 0.872 bits per heavy atom. The molecular weight excluding hydrogens is 504 g/mol. The molecule has 0 atom stereocenters. The number of benzene rings is 4. The topological polar surface area (TPSA) is 88.0 Å². The number of fused-ring (bicyclic) bond motifs is 1. The lowest BCUT2D eigenvalue weighted by atomic mass is 10.1. The van der Waals surface area contributed by atoms with Crippen LogP contribution in [0.5, 0.6) is 0 Å². The first kappa shape index (κ1) is 24.4. The van der Waals surface area contributed by atoms with Crippen molar-refractivity contribution in [1.82, 2.24) is 25.2 Å². The van der Waals surface area contributed by atoms with Crippen molar-refractivity contribution in [2.24, 2.45) is 5.10 Å². The van der Waals surface area contributed by atoms with Gasteiger partial charge in [0.15, 0.2) is 5.16 Å². The number of carbonyl (C=O) groups excluding carboxylic acids is 1. The van der Waals surface area contributed by atoms with Gasteiger partial charge in [-0.2, -0.15) is 10.2 Å². The molecule has 0 saturated carbocycles. The maximum absolute atomic E-state index is 12.3. The van der Waals surface area contributed by atoms with E-state index in [0.29, 0.717) is 5.16 Å². The minimum absolute atomic E-state index is 0.203. The lowest BCUT2D eigenvalue weighted by Gasteiger charge is -2.08. The highest BCUT2D eigenvalue weighted by Gasteiger charge is 2.13. The van der Waals surface area contributed by atoms with Crippen LogP contribution in [0, 0.1) is 0 Å². The number of H-pyrrole nitrogens is 1. The number of nitrogens with one attached hydrogen (secondary N) is 2. The van der Waals surface area contributed by atoms with Crippen LogP contribution in [0.3, 0.4) is 0 Å². The molecule has 0 saturated heterocycles. The average molecular weight is 529 g/mol. The number of aromatic nitrogens is 4. The van der Waals surface area contributed by atoms with E-state index in [1.165, 1.54) is 11.8 Å². The molecule has 7 nitrogen and oxygen atoms in total. The Morgan fingerprint density at radius 3 is 2.31 bits per heavy atom. The highest BCUT2D eigenvalue weighted by molar-refractivity contribution is 7.99. The molecular formula is C31H24N6OS. The smallest absolute Gasteiger partial charge is 0.250 e. The molecule has 2 heterocycles. The summed E-state index contributed by atoms with van der Waals surface area (Å²) in [6.45, 7) is 0. The lowest BCUT2D eigenvalue weighted by Crippen LogP contribution is -2.19. The highest BCUT2D eigenvalue weighted by Crippen LogP contribution is 2.28. The highest BCUT2D eigenvalue weighted by atomic mass is 32.2. The molecule has 0 spiro atoms. The molecule has 0 aliphatic carbocycles. The molecule has 0 aliphatic heterocycles. The Balaban J connectivity index is 1.13. The van der Waals surface area contributed by atoms with E-state index in [0.717, 1.165) is 44.8 Å². The van der Waals surface area contributed by atoms with Gasteiger partial charge in [0.05, 0.1) is 40.1 Å². The molecule has 6 aromatic rings. The molecule has 0 unspecified atom stereocenters. The molecule has 39 heavy (non-hydrogen) atoms. The fourth-order valence-corrected chi connectivity index (χ4v) is 4.86. The van der Waals surface area contributed by atoms with Crippen LogP contribution >= 0.6 is 11.8 Å². The number of amides is 1. The Hall–Kier alpha value is -4.95. The Bertz CT molecular complexity index is 1710. The fourth-order valence-electron chi connectivity index (χ4n) is 4.19. The average Bonchev–Trinajstić information content (AvgIpc) is 3.62. The SMILES string of the molecule is O=C(CSc1nc2ccccc2[nH]1)N/N=C/c1ccc(-n2nc(-c3ccccc3)cc2-c2ccccc2)cc1. The number of thioether (sulfide) groups is 1. The number of hydrogen-bond acceptors (Lipinski definition) is 5. The summed E-state index contributed by atoms with van der Waals surface area (Å²) in [5, 5.41) is 9.74. The molecule has 4 aromatic carbocycles. The van der Waals surface area contributed by atoms with Gasteiger partial charge in [-0.15, -0.1) is 0 Å². The second-order valence-corrected chi connectivity index (χ2v) is 9.76. The van der Waals surface area contributed by atoms with Crippen molar-refractivity contribution in [3.05, 3.63) is 121 Å². The van der Waals surface area contributed by atoms with Crippen LogP contribution in [-0.4, -0.2) is 37.6 Å². The minimum atomic E-state index is -0.203. The summed E-state index contributed by atoms with van der Waals surface area (Å²) in [5.41, 5.74) is 10.3. The summed E-state index contributed by atoms with van der Waals surface area (Å²) in [7, 11) is 0. The standard InChI is InChI=1S/C31H24N6OS/c38-30(21-39-31-33-26-13-7-8-14-27(26)34-31)35-32-20-22-15-17-25(18-16-22)37-29(24-11-5-2-6-12-24)19-28(36-37)23-9-3-1-4-10-23/h1-20H,21H2,(H,33,34)(H,35,38)/b32-20+. The van der Waals surface area contributed by atoms with Crippen molar-refractivity contribution >= 4 is 34.9 Å². The van der Waals surface area contributed by atoms with E-state index < -0.39 is 0 Å². The van der Waals surface area contributed by atoms with Gasteiger partial charge in [0.1, 0.15) is 0 Å². The number of carbonyl (C=O) groups is 1. The van der Waals surface area contributed by atoms with E-state index in [-0.39, 0.29) is 11.7 Å². The first-order valence-electron chi connectivity index (χ1n) is 12.4. The number of aromatic amines is 1. The first-order valence-corrected chi connectivity index (χ1v) is 13.4. The molecule has 0 aliphatic rings. The third-order valence-corrected chi connectivity index (χ3v) is 6.97. The maximum Gasteiger partial charge on any atom is 0.250 e. The summed E-state index contributed by atoms with van der Waals surface area (Å²) >= 11 is 1.34. The zero-order valence-electron chi connectivity index (χ0n) is 20.9. The molecule has 0 bridgehead atoms. The van der Waals surface area contributed by atoms with E-state index in [9.17, 15) is 4.79 Å². The fraction of sp³-hybridized carbons (Fsp3) is 0.0323. The predicted octanol–water partition coefficient (Wildman–Crippen LogP) is 6.33. The van der Waals surface area contributed by atoms with Gasteiger partial charge in [0.2, 0.25) is 0 Å². The van der Waals surface area contributed by atoms with Gasteiger partial charge in [-0.3, -0.25) is 4.79 Å². The Morgan fingerprint density at radius 2 is 1.56 bits per heavy atom. The second-order valence-electron chi connectivity index (χ2n) is 8.79. The van der Waals surface area contributed by atoms with E-state index >= 15 is 0 Å². The number of nitrogens with zero attached hydrogens (tertiary/aromatic N) is 4. The molecule has 190 valence electrons. The van der Waals surface area contributed by atoms with E-state index in [4.69, 9.17) is 5.10 Å². The molecule has 2 aromatic heterocycles. The van der Waals surface area contributed by atoms with Crippen LogP contribution in [-0.2, 0) is 4.79 Å². The van der Waals surface area contributed by atoms with Crippen molar-refractivity contribution in [3.8, 4) is 28.2 Å². The van der Waals surface area contributed by atoms with Gasteiger partial charge in [0.25, 0.3) is 5.91 Å². The third-order valence-electron chi connectivity index (χ3n) is 6.10. The number of rotatable bonds is 8. The van der Waals surface area contributed by atoms with Crippen LogP contribution in [0.4, 0.5) is 0 Å². The molecule has 6 rings (SSSR count). The van der Waals surface area contributed by atoms with Crippen molar-refractivity contribution in [2.75, 3.05) is 5.75 Å². The van der Waals surface area contributed by atoms with Gasteiger partial charge in [-0.25, -0.2) is 15.1 Å². The monoisotopic (exact) mass is 528 g/mol. The maximum atomic E-state index is 12.3. The lowest BCUT2D eigenvalue weighted by molar-refractivity contribution is -0.118.